The predicted octanol–water partition coefficient (Wildman–Crippen LogP) is 3.97. The highest BCUT2D eigenvalue weighted by Crippen LogP contribution is 2.30. The van der Waals surface area contributed by atoms with Crippen LogP contribution in [0.4, 0.5) is 0 Å². The van der Waals surface area contributed by atoms with Crippen LogP contribution in [0.5, 0.6) is 5.75 Å². The molecule has 0 bridgehead atoms. The first-order valence-electron chi connectivity index (χ1n) is 13.4. The van der Waals surface area contributed by atoms with Crippen LogP contribution >= 0.6 is 0 Å². The minimum Gasteiger partial charge on any atom is -0.490 e. The van der Waals surface area contributed by atoms with Gasteiger partial charge in [0.25, 0.3) is 5.91 Å². The highest BCUT2D eigenvalue weighted by atomic mass is 32.2. The molecule has 36 heavy (non-hydrogen) atoms. The Kier molecular flexibility index (Phi) is 8.32. The molecule has 2 aliphatic rings. The summed E-state index contributed by atoms with van der Waals surface area (Å²) in [5.41, 5.74) is 1.66. The Balaban J connectivity index is 1.49. The molecule has 200 valence electrons. The van der Waals surface area contributed by atoms with Gasteiger partial charge in [-0.15, -0.1) is 0 Å². The first kappa shape index (κ1) is 26.9. The lowest BCUT2D eigenvalue weighted by molar-refractivity contribution is 0.0686. The molecule has 2 saturated heterocycles. The number of fused-ring (bicyclic) bond motifs is 1. The van der Waals surface area contributed by atoms with E-state index in [0.29, 0.717) is 44.3 Å². The molecule has 0 unspecified atom stereocenters. The van der Waals surface area contributed by atoms with Crippen LogP contribution in [0.3, 0.4) is 0 Å². The fourth-order valence-electron chi connectivity index (χ4n) is 5.43. The lowest BCUT2D eigenvalue weighted by atomic mass is 10.1. The van der Waals surface area contributed by atoms with Gasteiger partial charge < -0.3 is 19.1 Å². The standard InChI is InChI=1S/C27H42N4O4S/c1-6-17-36(33,34)30-15-13-29(14-16-30)27(32)26-19-22-18-24(7-8-25(22)31(26)21(4)5)35-23-9-11-28(12-10-23)20(2)3/h7-8,18-21,23H,6,9-17H2,1-5H3. The number of hydrogen-bond donors (Lipinski definition) is 0. The van der Waals surface area contributed by atoms with Gasteiger partial charge >= 0.3 is 0 Å². The molecule has 0 aliphatic carbocycles. The average Bonchev–Trinajstić information content (AvgIpc) is 3.23. The van der Waals surface area contributed by atoms with E-state index >= 15 is 0 Å². The van der Waals surface area contributed by atoms with E-state index in [1.165, 1.54) is 4.31 Å². The number of benzene rings is 1. The second kappa shape index (κ2) is 11.1. The van der Waals surface area contributed by atoms with Crippen molar-refractivity contribution in [3.05, 3.63) is 30.0 Å². The number of carbonyl (C=O) groups is 1. The van der Waals surface area contributed by atoms with E-state index in [4.69, 9.17) is 4.74 Å². The van der Waals surface area contributed by atoms with Crippen molar-refractivity contribution in [2.75, 3.05) is 45.0 Å². The van der Waals surface area contributed by atoms with Gasteiger partial charge in [-0.1, -0.05) is 6.92 Å². The van der Waals surface area contributed by atoms with Gasteiger partial charge in [0, 0.05) is 62.3 Å². The number of aromatic nitrogens is 1. The summed E-state index contributed by atoms with van der Waals surface area (Å²) in [6.07, 6.45) is 2.85. The molecule has 1 aromatic carbocycles. The maximum Gasteiger partial charge on any atom is 0.270 e. The molecule has 3 heterocycles. The first-order chi connectivity index (χ1) is 17.1. The summed E-state index contributed by atoms with van der Waals surface area (Å²) in [6, 6.07) is 8.76. The number of likely N-dealkylation sites (tertiary alicyclic amines) is 1. The molecule has 0 spiro atoms. The number of rotatable bonds is 8. The summed E-state index contributed by atoms with van der Waals surface area (Å²) in [6.45, 7) is 14.1. The van der Waals surface area contributed by atoms with Crippen molar-refractivity contribution in [2.45, 2.75) is 72.1 Å². The Morgan fingerprint density at radius 2 is 1.64 bits per heavy atom. The van der Waals surface area contributed by atoms with Gasteiger partial charge in [-0.3, -0.25) is 4.79 Å². The Labute approximate surface area is 216 Å². The molecule has 0 radical (unpaired) electrons. The fourth-order valence-corrected chi connectivity index (χ4v) is 6.92. The van der Waals surface area contributed by atoms with E-state index in [1.807, 2.05) is 19.1 Å². The molecule has 8 nitrogen and oxygen atoms in total. The van der Waals surface area contributed by atoms with Crippen molar-refractivity contribution in [3.63, 3.8) is 0 Å². The lowest BCUT2D eigenvalue weighted by Gasteiger charge is -2.34. The predicted molar refractivity (Wildman–Crippen MR) is 144 cm³/mol. The second-order valence-corrected chi connectivity index (χ2v) is 12.8. The summed E-state index contributed by atoms with van der Waals surface area (Å²) < 4.78 is 34.8. The number of hydrogen-bond acceptors (Lipinski definition) is 5. The smallest absolute Gasteiger partial charge is 0.270 e. The Morgan fingerprint density at radius 1 is 0.972 bits per heavy atom. The van der Waals surface area contributed by atoms with Crippen LogP contribution in [0.25, 0.3) is 10.9 Å². The third kappa shape index (κ3) is 5.73. The molecule has 2 aliphatic heterocycles. The SMILES string of the molecule is CCCS(=O)(=O)N1CCN(C(=O)c2cc3cc(OC4CCN(C(C)C)CC4)ccc3n2C(C)C)CC1. The number of sulfonamides is 1. The van der Waals surface area contributed by atoms with Crippen molar-refractivity contribution in [2.24, 2.45) is 0 Å². The van der Waals surface area contributed by atoms with Crippen LogP contribution < -0.4 is 4.74 Å². The van der Waals surface area contributed by atoms with Gasteiger partial charge in [-0.05, 0) is 71.2 Å². The third-order valence-corrected chi connectivity index (χ3v) is 9.51. The van der Waals surface area contributed by atoms with Crippen molar-refractivity contribution >= 4 is 26.8 Å². The van der Waals surface area contributed by atoms with Crippen LogP contribution in [0.15, 0.2) is 24.3 Å². The Morgan fingerprint density at radius 3 is 2.22 bits per heavy atom. The van der Waals surface area contributed by atoms with Crippen LogP contribution in [-0.2, 0) is 10.0 Å². The summed E-state index contributed by atoms with van der Waals surface area (Å²) >= 11 is 0. The number of carbonyl (C=O) groups excluding carboxylic acids is 1. The number of amides is 1. The number of piperidine rings is 1. The number of piperazine rings is 1. The third-order valence-electron chi connectivity index (χ3n) is 7.44. The van der Waals surface area contributed by atoms with E-state index in [0.717, 1.165) is 42.6 Å². The van der Waals surface area contributed by atoms with E-state index in [9.17, 15) is 13.2 Å². The summed E-state index contributed by atoms with van der Waals surface area (Å²) in [5.74, 6) is 0.958. The zero-order valence-corrected chi connectivity index (χ0v) is 23.3. The van der Waals surface area contributed by atoms with E-state index in [1.54, 1.807) is 4.90 Å². The van der Waals surface area contributed by atoms with Crippen LogP contribution in [0.2, 0.25) is 0 Å². The highest BCUT2D eigenvalue weighted by molar-refractivity contribution is 7.89. The van der Waals surface area contributed by atoms with Crippen molar-refractivity contribution in [3.8, 4) is 5.75 Å². The van der Waals surface area contributed by atoms with Gasteiger partial charge in [-0.2, -0.15) is 4.31 Å². The first-order valence-corrected chi connectivity index (χ1v) is 15.0. The molecule has 1 aromatic heterocycles. The minimum atomic E-state index is -3.24. The highest BCUT2D eigenvalue weighted by Gasteiger charge is 2.30. The molecule has 0 N–H and O–H groups in total. The average molecular weight is 519 g/mol. The maximum atomic E-state index is 13.6. The Bertz CT molecular complexity index is 1160. The van der Waals surface area contributed by atoms with E-state index in [2.05, 4.69) is 49.3 Å². The van der Waals surface area contributed by atoms with E-state index < -0.39 is 10.0 Å². The second-order valence-electron chi connectivity index (χ2n) is 10.7. The van der Waals surface area contributed by atoms with E-state index in [-0.39, 0.29) is 23.8 Å². The van der Waals surface area contributed by atoms with Crippen molar-refractivity contribution in [1.29, 1.82) is 0 Å². The fraction of sp³-hybridized carbons (Fsp3) is 0.667. The molecule has 0 atom stereocenters. The number of nitrogens with zero attached hydrogens (tertiary/aromatic N) is 4. The topological polar surface area (TPSA) is 75.1 Å². The molecule has 1 amide bonds. The van der Waals surface area contributed by atoms with Crippen molar-refractivity contribution in [1.82, 2.24) is 18.7 Å². The molecule has 2 fully saturated rings. The molecule has 0 saturated carbocycles. The minimum absolute atomic E-state index is 0.0454. The molecule has 4 rings (SSSR count). The largest absolute Gasteiger partial charge is 0.490 e. The summed E-state index contributed by atoms with van der Waals surface area (Å²) in [5, 5.41) is 0.994. The van der Waals surface area contributed by atoms with Crippen LogP contribution in [0.1, 0.15) is 70.4 Å². The normalized spacial score (nSPS) is 19.0. The molecule has 9 heteroatoms. The maximum absolute atomic E-state index is 13.6. The summed E-state index contributed by atoms with van der Waals surface area (Å²) in [7, 11) is -3.24. The summed E-state index contributed by atoms with van der Waals surface area (Å²) in [4.78, 5) is 17.8. The van der Waals surface area contributed by atoms with Crippen LogP contribution in [0, 0.1) is 0 Å². The zero-order valence-electron chi connectivity index (χ0n) is 22.4. The van der Waals surface area contributed by atoms with Crippen LogP contribution in [-0.4, -0.2) is 90.2 Å². The van der Waals surface area contributed by atoms with Gasteiger partial charge in [-0.25, -0.2) is 8.42 Å². The molecule has 2 aromatic rings. The van der Waals surface area contributed by atoms with Gasteiger partial charge in [0.05, 0.1) is 5.75 Å². The zero-order chi connectivity index (χ0) is 26.0. The van der Waals surface area contributed by atoms with Gasteiger partial charge in [0.1, 0.15) is 17.5 Å². The number of ether oxygens (including phenoxy) is 1. The lowest BCUT2D eigenvalue weighted by Crippen LogP contribution is -2.51. The van der Waals surface area contributed by atoms with Gasteiger partial charge in [0.15, 0.2) is 0 Å². The Hall–Kier alpha value is -2.10. The molecular weight excluding hydrogens is 476 g/mol. The van der Waals surface area contributed by atoms with Crippen molar-refractivity contribution < 1.29 is 17.9 Å². The monoisotopic (exact) mass is 518 g/mol. The molecular formula is C27H42N4O4S. The van der Waals surface area contributed by atoms with Gasteiger partial charge in [0.2, 0.25) is 10.0 Å². The quantitative estimate of drug-likeness (QED) is 0.529.